The predicted molar refractivity (Wildman–Crippen MR) is 57.3 cm³/mol. The molecule has 0 radical (unpaired) electrons. The topological polar surface area (TPSA) is 37.8 Å². The highest BCUT2D eigenvalue weighted by atomic mass is 32.2. The molecular weight excluding hydrogens is 182 g/mol. The number of nitrogens with zero attached hydrogens (tertiary/aromatic N) is 2. The lowest BCUT2D eigenvalue weighted by atomic mass is 10.3. The maximum absolute atomic E-state index is 4.19. The number of hydrogen-bond donors (Lipinski definition) is 1. The van der Waals surface area contributed by atoms with Crippen LogP contribution >= 0.6 is 11.8 Å². The van der Waals surface area contributed by atoms with Crippen molar-refractivity contribution in [3.05, 3.63) is 11.9 Å². The molecule has 1 aromatic heterocycles. The van der Waals surface area contributed by atoms with Crippen molar-refractivity contribution < 1.29 is 0 Å². The van der Waals surface area contributed by atoms with Gasteiger partial charge in [0.15, 0.2) is 0 Å². The van der Waals surface area contributed by atoms with E-state index in [1.807, 2.05) is 13.2 Å². The van der Waals surface area contributed by atoms with Crippen molar-refractivity contribution >= 4 is 17.6 Å². The van der Waals surface area contributed by atoms with Crippen LogP contribution in [0.25, 0.3) is 0 Å². The Morgan fingerprint density at radius 1 is 1.46 bits per heavy atom. The Morgan fingerprint density at radius 2 is 2.23 bits per heavy atom. The van der Waals surface area contributed by atoms with Gasteiger partial charge in [0.2, 0.25) is 0 Å². The summed E-state index contributed by atoms with van der Waals surface area (Å²) in [6, 6.07) is 0. The van der Waals surface area contributed by atoms with Crippen molar-refractivity contribution in [3.63, 3.8) is 0 Å². The van der Waals surface area contributed by atoms with Gasteiger partial charge >= 0.3 is 0 Å². The van der Waals surface area contributed by atoms with E-state index in [9.17, 15) is 0 Å². The van der Waals surface area contributed by atoms with Crippen LogP contribution in [0.5, 0.6) is 0 Å². The zero-order chi connectivity index (χ0) is 9.68. The molecule has 0 aliphatic heterocycles. The molecule has 0 unspecified atom stereocenters. The number of hydrogen-bond acceptors (Lipinski definition) is 4. The molecule has 0 amide bonds. The third-order valence-corrected chi connectivity index (χ3v) is 2.57. The zero-order valence-electron chi connectivity index (χ0n) is 8.29. The van der Waals surface area contributed by atoms with E-state index >= 15 is 0 Å². The fourth-order valence-electron chi connectivity index (χ4n) is 1.06. The molecule has 4 heteroatoms. The highest BCUT2D eigenvalue weighted by Gasteiger charge is 2.03. The van der Waals surface area contributed by atoms with Gasteiger partial charge in [-0.05, 0) is 19.6 Å². The van der Waals surface area contributed by atoms with Gasteiger partial charge in [-0.15, -0.1) is 11.8 Å². The highest BCUT2D eigenvalue weighted by Crippen LogP contribution is 2.21. The van der Waals surface area contributed by atoms with Gasteiger partial charge < -0.3 is 5.32 Å². The first-order valence-electron chi connectivity index (χ1n) is 4.39. The Labute approximate surface area is 83.4 Å². The molecule has 0 fully saturated rings. The second-order valence-electron chi connectivity index (χ2n) is 2.78. The largest absolute Gasteiger partial charge is 0.370 e. The lowest BCUT2D eigenvalue weighted by molar-refractivity contribution is 0.939. The van der Waals surface area contributed by atoms with Crippen molar-refractivity contribution in [2.45, 2.75) is 25.3 Å². The predicted octanol–water partition coefficient (Wildman–Crippen LogP) is 2.33. The molecule has 3 nitrogen and oxygen atoms in total. The number of nitrogens with one attached hydrogen (secondary N) is 1. The van der Waals surface area contributed by atoms with Crippen LogP contribution in [0.4, 0.5) is 5.82 Å². The van der Waals surface area contributed by atoms with Crippen molar-refractivity contribution in [2.75, 3.05) is 18.1 Å². The van der Waals surface area contributed by atoms with E-state index in [1.165, 1.54) is 0 Å². The summed E-state index contributed by atoms with van der Waals surface area (Å²) in [5, 5.41) is 4.32. The van der Waals surface area contributed by atoms with Gasteiger partial charge in [-0.3, -0.25) is 0 Å². The van der Waals surface area contributed by atoms with E-state index in [-0.39, 0.29) is 0 Å². The minimum atomic E-state index is 0.959. The summed E-state index contributed by atoms with van der Waals surface area (Å²) in [6.45, 7) is 5.15. The van der Waals surface area contributed by atoms with E-state index in [4.69, 9.17) is 0 Å². The van der Waals surface area contributed by atoms with Crippen molar-refractivity contribution in [1.29, 1.82) is 0 Å². The summed E-state index contributed by atoms with van der Waals surface area (Å²) in [5.41, 5.74) is 1.14. The van der Waals surface area contributed by atoms with Crippen LogP contribution < -0.4 is 5.32 Å². The summed E-state index contributed by atoms with van der Waals surface area (Å²) in [4.78, 5) is 8.37. The SMILES string of the molecule is CCCNc1ncnc(SC)c1C. The van der Waals surface area contributed by atoms with Gasteiger partial charge in [-0.2, -0.15) is 0 Å². The van der Waals surface area contributed by atoms with Gasteiger partial charge in [-0.25, -0.2) is 9.97 Å². The number of aromatic nitrogens is 2. The van der Waals surface area contributed by atoms with Crippen LogP contribution in [-0.2, 0) is 0 Å². The van der Waals surface area contributed by atoms with Crippen molar-refractivity contribution in [1.82, 2.24) is 9.97 Å². The molecule has 72 valence electrons. The second kappa shape index (κ2) is 5.07. The first-order chi connectivity index (χ1) is 6.29. The average Bonchev–Trinajstić information content (AvgIpc) is 2.16. The number of rotatable bonds is 4. The van der Waals surface area contributed by atoms with E-state index in [0.29, 0.717) is 0 Å². The van der Waals surface area contributed by atoms with Crippen LogP contribution in [0.2, 0.25) is 0 Å². The molecule has 0 saturated carbocycles. The Morgan fingerprint density at radius 3 is 2.85 bits per heavy atom. The molecule has 0 aliphatic carbocycles. The van der Waals surface area contributed by atoms with Crippen LogP contribution in [0.3, 0.4) is 0 Å². The summed E-state index contributed by atoms with van der Waals surface area (Å²) < 4.78 is 0. The van der Waals surface area contributed by atoms with Crippen molar-refractivity contribution in [3.8, 4) is 0 Å². The fourth-order valence-corrected chi connectivity index (χ4v) is 1.62. The average molecular weight is 197 g/mol. The van der Waals surface area contributed by atoms with Crippen molar-refractivity contribution in [2.24, 2.45) is 0 Å². The zero-order valence-corrected chi connectivity index (χ0v) is 9.11. The highest BCUT2D eigenvalue weighted by molar-refractivity contribution is 7.98. The quantitative estimate of drug-likeness (QED) is 0.594. The molecule has 1 heterocycles. The summed E-state index contributed by atoms with van der Waals surface area (Å²) in [7, 11) is 0. The maximum Gasteiger partial charge on any atom is 0.133 e. The Kier molecular flexibility index (Phi) is 4.02. The molecule has 0 aliphatic rings. The van der Waals surface area contributed by atoms with Crippen LogP contribution in [0, 0.1) is 6.92 Å². The lowest BCUT2D eigenvalue weighted by Crippen LogP contribution is -2.05. The van der Waals surface area contributed by atoms with Gasteiger partial charge in [0.25, 0.3) is 0 Å². The summed E-state index contributed by atoms with van der Waals surface area (Å²) >= 11 is 1.65. The van der Waals surface area contributed by atoms with E-state index in [2.05, 4.69) is 22.2 Å². The van der Waals surface area contributed by atoms with Gasteiger partial charge in [0.1, 0.15) is 17.2 Å². The maximum atomic E-state index is 4.19. The normalized spacial score (nSPS) is 10.1. The Balaban J connectivity index is 2.81. The first-order valence-corrected chi connectivity index (χ1v) is 5.61. The summed E-state index contributed by atoms with van der Waals surface area (Å²) in [6.07, 6.45) is 4.74. The van der Waals surface area contributed by atoms with E-state index in [0.717, 1.165) is 29.4 Å². The molecule has 0 saturated heterocycles. The molecule has 1 rings (SSSR count). The van der Waals surface area contributed by atoms with Gasteiger partial charge in [0.05, 0.1) is 0 Å². The molecule has 1 aromatic rings. The first kappa shape index (κ1) is 10.3. The smallest absolute Gasteiger partial charge is 0.133 e. The minimum absolute atomic E-state index is 0.959. The molecule has 0 bridgehead atoms. The number of anilines is 1. The Bertz CT molecular complexity index is 276. The fraction of sp³-hybridized carbons (Fsp3) is 0.556. The standard InChI is InChI=1S/C9H15N3S/c1-4-5-10-8-7(2)9(13-3)12-6-11-8/h6H,4-5H2,1-3H3,(H,10,11,12). The third kappa shape index (κ3) is 2.59. The summed E-state index contributed by atoms with van der Waals surface area (Å²) in [5.74, 6) is 0.959. The molecule has 1 N–H and O–H groups in total. The molecular formula is C9H15N3S. The van der Waals surface area contributed by atoms with Crippen LogP contribution in [0.1, 0.15) is 18.9 Å². The van der Waals surface area contributed by atoms with Crippen LogP contribution in [-0.4, -0.2) is 22.8 Å². The molecule has 0 aromatic carbocycles. The Hall–Kier alpha value is -0.770. The minimum Gasteiger partial charge on any atom is -0.370 e. The lowest BCUT2D eigenvalue weighted by Gasteiger charge is -2.08. The van der Waals surface area contributed by atoms with Crippen LogP contribution in [0.15, 0.2) is 11.4 Å². The monoisotopic (exact) mass is 197 g/mol. The molecule has 0 atom stereocenters. The second-order valence-corrected chi connectivity index (χ2v) is 3.58. The van der Waals surface area contributed by atoms with E-state index < -0.39 is 0 Å². The van der Waals surface area contributed by atoms with Gasteiger partial charge in [0, 0.05) is 12.1 Å². The molecule has 13 heavy (non-hydrogen) atoms. The van der Waals surface area contributed by atoms with E-state index in [1.54, 1.807) is 18.1 Å². The molecule has 0 spiro atoms. The van der Waals surface area contributed by atoms with Gasteiger partial charge in [-0.1, -0.05) is 6.92 Å². The third-order valence-electron chi connectivity index (χ3n) is 1.77. The number of thioether (sulfide) groups is 1.